The molecule has 1 fully saturated rings. The monoisotopic (exact) mass is 517 g/mol. The van der Waals surface area contributed by atoms with Crippen LogP contribution in [0, 0.1) is 11.3 Å². The van der Waals surface area contributed by atoms with Crippen molar-refractivity contribution in [1.29, 1.82) is 5.26 Å². The maximum absolute atomic E-state index is 12.5. The molecule has 0 spiro atoms. The van der Waals surface area contributed by atoms with Gasteiger partial charge in [-0.15, -0.1) is 0 Å². The Bertz CT molecular complexity index is 1390. The predicted molar refractivity (Wildman–Crippen MR) is 139 cm³/mol. The third-order valence-electron chi connectivity index (χ3n) is 6.92. The molecule has 0 bridgehead atoms. The van der Waals surface area contributed by atoms with Crippen LogP contribution in [0.4, 0.5) is 0 Å². The molecular formula is C28H24ClN3O3S. The van der Waals surface area contributed by atoms with E-state index in [2.05, 4.69) is 16.0 Å². The topological polar surface area (TPSA) is 99.3 Å². The molecule has 182 valence electrons. The second kappa shape index (κ2) is 9.38. The molecule has 2 aliphatic rings. The molecule has 1 aromatic carbocycles. The lowest BCUT2D eigenvalue weighted by Gasteiger charge is -2.40. The molecule has 0 radical (unpaired) electrons. The first-order chi connectivity index (χ1) is 17.3. The molecule has 1 saturated carbocycles. The van der Waals surface area contributed by atoms with Gasteiger partial charge in [0.2, 0.25) is 0 Å². The number of allylic oxidation sites excluding steroid dienone is 3. The van der Waals surface area contributed by atoms with E-state index in [1.807, 2.05) is 55.5 Å². The third kappa shape index (κ3) is 3.64. The first-order valence-corrected chi connectivity index (χ1v) is 12.7. The van der Waals surface area contributed by atoms with Gasteiger partial charge < -0.3 is 14.9 Å². The first-order valence-electron chi connectivity index (χ1n) is 11.5. The van der Waals surface area contributed by atoms with Crippen LogP contribution in [0.2, 0.25) is 5.02 Å². The summed E-state index contributed by atoms with van der Waals surface area (Å²) in [6.45, 7) is 3.55. The normalized spacial score (nSPS) is 29.3. The number of hydrogen-bond acceptors (Lipinski definition) is 7. The van der Waals surface area contributed by atoms with E-state index >= 15 is 0 Å². The van der Waals surface area contributed by atoms with Crippen molar-refractivity contribution in [1.82, 2.24) is 9.97 Å². The molecule has 5 rings (SSSR count). The van der Waals surface area contributed by atoms with Crippen LogP contribution in [-0.2, 0) is 5.60 Å². The Labute approximate surface area is 218 Å². The second-order valence-electron chi connectivity index (χ2n) is 9.00. The fraction of sp³-hybridized carbons (Fsp3) is 0.250. The second-order valence-corrected chi connectivity index (χ2v) is 10.6. The lowest BCUT2D eigenvalue weighted by Crippen LogP contribution is -2.55. The smallest absolute Gasteiger partial charge is 0.181 e. The SMILES string of the molecule is C/C(C#N)=C\C=C(/C)[C@@]12Oc3cc(Cl)cnc3C1(O)[C@H](O)[C@H](Sc1ccccn1)[C@H]2c1ccccc1. The van der Waals surface area contributed by atoms with Crippen molar-refractivity contribution >= 4 is 23.4 Å². The van der Waals surface area contributed by atoms with Gasteiger partial charge in [-0.3, -0.25) is 4.98 Å². The molecule has 3 aromatic rings. The Kier molecular flexibility index (Phi) is 6.39. The summed E-state index contributed by atoms with van der Waals surface area (Å²) in [7, 11) is 0. The number of halogens is 1. The molecule has 0 amide bonds. The number of aromatic nitrogens is 2. The van der Waals surface area contributed by atoms with E-state index in [0.717, 1.165) is 5.56 Å². The number of nitriles is 1. The minimum atomic E-state index is -1.89. The summed E-state index contributed by atoms with van der Waals surface area (Å²) in [4.78, 5) is 8.90. The molecule has 1 aliphatic heterocycles. The van der Waals surface area contributed by atoms with Crippen LogP contribution in [0.15, 0.2) is 95.3 Å². The van der Waals surface area contributed by atoms with Crippen LogP contribution in [0.25, 0.3) is 0 Å². The van der Waals surface area contributed by atoms with Gasteiger partial charge in [-0.1, -0.05) is 65.8 Å². The number of thioether (sulfide) groups is 1. The Balaban J connectivity index is 1.79. The molecule has 0 saturated heterocycles. The number of rotatable bonds is 5. The lowest BCUT2D eigenvalue weighted by atomic mass is 9.72. The number of aliphatic hydroxyl groups excluding tert-OH is 1. The molecule has 2 N–H and O–H groups in total. The van der Waals surface area contributed by atoms with Crippen LogP contribution in [0.1, 0.15) is 31.0 Å². The number of hydrogen-bond donors (Lipinski definition) is 2. The van der Waals surface area contributed by atoms with Gasteiger partial charge in [0.15, 0.2) is 11.2 Å². The highest BCUT2D eigenvalue weighted by molar-refractivity contribution is 8.00. The maximum atomic E-state index is 12.5. The Morgan fingerprint density at radius 1 is 1.14 bits per heavy atom. The molecule has 36 heavy (non-hydrogen) atoms. The highest BCUT2D eigenvalue weighted by Crippen LogP contribution is 2.66. The average Bonchev–Trinajstić information content (AvgIpc) is 3.26. The predicted octanol–water partition coefficient (Wildman–Crippen LogP) is 5.18. The molecule has 1 unspecified atom stereocenters. The van der Waals surface area contributed by atoms with Crippen molar-refractivity contribution in [3.05, 3.63) is 107 Å². The van der Waals surface area contributed by atoms with Crippen molar-refractivity contribution in [2.45, 2.75) is 47.3 Å². The molecule has 2 aromatic heterocycles. The Hall–Kier alpha value is -3.15. The van der Waals surface area contributed by atoms with E-state index in [9.17, 15) is 15.5 Å². The highest BCUT2D eigenvalue weighted by Gasteiger charge is 2.77. The third-order valence-corrected chi connectivity index (χ3v) is 8.41. The van der Waals surface area contributed by atoms with Crippen LogP contribution in [0.5, 0.6) is 5.75 Å². The van der Waals surface area contributed by atoms with Gasteiger partial charge in [-0.2, -0.15) is 5.26 Å². The fourth-order valence-electron chi connectivity index (χ4n) is 5.33. The summed E-state index contributed by atoms with van der Waals surface area (Å²) in [6.07, 6.45) is 5.33. The number of ether oxygens (including phenoxy) is 1. The van der Waals surface area contributed by atoms with E-state index in [-0.39, 0.29) is 5.69 Å². The molecule has 3 heterocycles. The molecule has 5 atom stereocenters. The first kappa shape index (κ1) is 24.5. The molecule has 8 heteroatoms. The van der Waals surface area contributed by atoms with Crippen LogP contribution < -0.4 is 4.74 Å². The van der Waals surface area contributed by atoms with Crippen molar-refractivity contribution in [3.63, 3.8) is 0 Å². The van der Waals surface area contributed by atoms with Crippen molar-refractivity contribution in [2.75, 3.05) is 0 Å². The van der Waals surface area contributed by atoms with Crippen molar-refractivity contribution in [3.8, 4) is 11.8 Å². The quantitative estimate of drug-likeness (QED) is 0.355. The van der Waals surface area contributed by atoms with E-state index in [4.69, 9.17) is 16.3 Å². The molecular weight excluding hydrogens is 494 g/mol. The summed E-state index contributed by atoms with van der Waals surface area (Å²) in [5, 5.41) is 34.3. The Morgan fingerprint density at radius 2 is 1.89 bits per heavy atom. The molecule has 1 aliphatic carbocycles. The van der Waals surface area contributed by atoms with E-state index < -0.39 is 28.5 Å². The number of benzene rings is 1. The number of aliphatic hydroxyl groups is 2. The minimum Gasteiger partial charge on any atom is -0.477 e. The van der Waals surface area contributed by atoms with Gasteiger partial charge >= 0.3 is 0 Å². The van der Waals surface area contributed by atoms with Gasteiger partial charge in [0, 0.05) is 30.0 Å². The zero-order chi connectivity index (χ0) is 25.5. The van der Waals surface area contributed by atoms with E-state index in [1.54, 1.807) is 31.3 Å². The summed E-state index contributed by atoms with van der Waals surface area (Å²) >= 11 is 7.63. The van der Waals surface area contributed by atoms with Crippen molar-refractivity contribution < 1.29 is 14.9 Å². The van der Waals surface area contributed by atoms with Crippen LogP contribution >= 0.6 is 23.4 Å². The Morgan fingerprint density at radius 3 is 2.58 bits per heavy atom. The van der Waals surface area contributed by atoms with Gasteiger partial charge in [0.05, 0.1) is 21.4 Å². The zero-order valence-corrected chi connectivity index (χ0v) is 21.2. The number of nitrogens with zero attached hydrogens (tertiary/aromatic N) is 3. The van der Waals surface area contributed by atoms with Gasteiger partial charge in [0.1, 0.15) is 17.5 Å². The zero-order valence-electron chi connectivity index (χ0n) is 19.7. The summed E-state index contributed by atoms with van der Waals surface area (Å²) < 4.78 is 6.66. The average molecular weight is 518 g/mol. The van der Waals surface area contributed by atoms with Crippen LogP contribution in [-0.4, -0.2) is 37.1 Å². The van der Waals surface area contributed by atoms with Crippen LogP contribution in [0.3, 0.4) is 0 Å². The minimum absolute atomic E-state index is 0.234. The summed E-state index contributed by atoms with van der Waals surface area (Å²) in [5.74, 6) is -0.189. The largest absolute Gasteiger partial charge is 0.477 e. The standard InChI is InChI=1S/C28H24ClN3O3S/c1-17(15-30)11-12-18(2)28-23(19-8-4-3-5-9-19)24(36-22-10-6-7-13-31-22)26(33)27(28,34)25-21(35-28)14-20(29)16-32-25/h3-14,16,23-24,26,33-34H,1-2H3/b17-11+,18-12+/t23-,24-,26-,27?,28+/m1/s1. The maximum Gasteiger partial charge on any atom is 0.181 e. The molecule has 6 nitrogen and oxygen atoms in total. The lowest BCUT2D eigenvalue weighted by molar-refractivity contribution is -0.129. The fourth-order valence-corrected chi connectivity index (χ4v) is 6.85. The van der Waals surface area contributed by atoms with Gasteiger partial charge in [-0.05, 0) is 43.2 Å². The van der Waals surface area contributed by atoms with Gasteiger partial charge in [0.25, 0.3) is 0 Å². The van der Waals surface area contributed by atoms with Gasteiger partial charge in [-0.25, -0.2) is 4.98 Å². The summed E-state index contributed by atoms with van der Waals surface area (Å²) in [5.41, 5.74) is -1.06. The number of fused-ring (bicyclic) bond motifs is 3. The van der Waals surface area contributed by atoms with E-state index in [0.29, 0.717) is 26.9 Å². The van der Waals surface area contributed by atoms with Crippen molar-refractivity contribution in [2.24, 2.45) is 0 Å². The number of pyridine rings is 2. The summed E-state index contributed by atoms with van der Waals surface area (Å²) in [6, 6.07) is 19.0. The highest BCUT2D eigenvalue weighted by atomic mass is 35.5. The van der Waals surface area contributed by atoms with E-state index in [1.165, 1.54) is 18.0 Å².